The average molecular weight is 539 g/mol. The van der Waals surface area contributed by atoms with Crippen LogP contribution in [0, 0.1) is 12.7 Å². The van der Waals surface area contributed by atoms with Crippen molar-refractivity contribution in [2.24, 2.45) is 11.5 Å². The molecule has 36 heavy (non-hydrogen) atoms. The van der Waals surface area contributed by atoms with Gasteiger partial charge in [-0.25, -0.2) is 4.39 Å². The van der Waals surface area contributed by atoms with Crippen LogP contribution in [0.2, 0.25) is 0 Å². The fourth-order valence-corrected chi connectivity index (χ4v) is 3.29. The summed E-state index contributed by atoms with van der Waals surface area (Å²) < 4.78 is 100. The van der Waals surface area contributed by atoms with Crippen LogP contribution in [0.4, 0.5) is 36.4 Å². The van der Waals surface area contributed by atoms with Gasteiger partial charge in [0.25, 0.3) is 5.91 Å². The fraction of sp³-hybridized carbons (Fsp3) is 0.227. The average Bonchev–Trinajstić information content (AvgIpc) is 2.77. The molecule has 1 amide bonds. The molecule has 196 valence electrons. The molecule has 0 aliphatic carbocycles. The smallest absolute Gasteiger partial charge is 0.440 e. The second-order valence-electron chi connectivity index (χ2n) is 7.11. The van der Waals surface area contributed by atoms with Crippen LogP contribution in [0.15, 0.2) is 64.0 Å². The monoisotopic (exact) mass is 539 g/mol. The minimum Gasteiger partial charge on any atom is -0.440 e. The first-order chi connectivity index (χ1) is 16.5. The molecule has 0 saturated heterocycles. The number of allylic oxidation sites excluding steroid dienone is 1. The van der Waals surface area contributed by atoms with E-state index in [0.717, 1.165) is 24.8 Å². The summed E-state index contributed by atoms with van der Waals surface area (Å²) in [6.45, 7) is 1.89. The Bertz CT molecular complexity index is 1210. The molecule has 2 aromatic carbocycles. The maximum absolute atomic E-state index is 14.4. The highest BCUT2D eigenvalue weighted by molar-refractivity contribution is 7.98. The molecule has 0 radical (unpaired) electrons. The Labute approximate surface area is 205 Å². The lowest BCUT2D eigenvalue weighted by Crippen LogP contribution is -2.27. The van der Waals surface area contributed by atoms with E-state index in [-0.39, 0.29) is 5.69 Å². The number of benzene rings is 2. The lowest BCUT2D eigenvalue weighted by atomic mass is 10.0. The van der Waals surface area contributed by atoms with Gasteiger partial charge in [0.2, 0.25) is 5.88 Å². The molecule has 0 unspecified atom stereocenters. The van der Waals surface area contributed by atoms with Gasteiger partial charge in [0.05, 0.1) is 0 Å². The second kappa shape index (κ2) is 11.0. The van der Waals surface area contributed by atoms with Crippen molar-refractivity contribution in [1.82, 2.24) is 0 Å². The molecule has 0 spiro atoms. The maximum atomic E-state index is 14.4. The Morgan fingerprint density at radius 2 is 1.64 bits per heavy atom. The first kappa shape index (κ1) is 28.7. The number of amides is 1. The summed E-state index contributed by atoms with van der Waals surface area (Å²) in [6.07, 6.45) is -8.45. The molecule has 2 aromatic rings. The standard InChI is InChI=1S/C22H20F7N3O3S/c1-10-14(7-8-15(17(10)23)35-22(27,28)29)34-19(31)16(11(2)18(30)21(24,25)26)20(33)32-12-5-4-6-13(9-12)36-3/h4-9H,30-31H2,1-3H3,(H,32,33)/b18-11-,19-16-. The van der Waals surface area contributed by atoms with E-state index in [1.54, 1.807) is 24.5 Å². The van der Waals surface area contributed by atoms with Crippen molar-refractivity contribution in [2.75, 3.05) is 11.6 Å². The quantitative estimate of drug-likeness (QED) is 0.137. The number of rotatable bonds is 7. The predicted octanol–water partition coefficient (Wildman–Crippen LogP) is 5.74. The minimum absolute atomic E-state index is 0.214. The zero-order chi connectivity index (χ0) is 27.4. The summed E-state index contributed by atoms with van der Waals surface area (Å²) in [4.78, 5) is 13.7. The zero-order valence-electron chi connectivity index (χ0n) is 18.9. The largest absolute Gasteiger partial charge is 0.573 e. The van der Waals surface area contributed by atoms with Gasteiger partial charge in [0, 0.05) is 16.1 Å². The van der Waals surface area contributed by atoms with E-state index in [2.05, 4.69) is 10.1 Å². The summed E-state index contributed by atoms with van der Waals surface area (Å²) in [5, 5.41) is 2.39. The van der Waals surface area contributed by atoms with Crippen molar-refractivity contribution < 1.29 is 45.0 Å². The number of carbonyl (C=O) groups excluding carboxylic acids is 1. The van der Waals surface area contributed by atoms with Gasteiger partial charge in [0.1, 0.15) is 17.0 Å². The molecule has 0 heterocycles. The lowest BCUT2D eigenvalue weighted by Gasteiger charge is -2.18. The summed E-state index contributed by atoms with van der Waals surface area (Å²) in [5.74, 6) is -5.15. The Hall–Kier alpha value is -3.55. The Morgan fingerprint density at radius 1 is 1.03 bits per heavy atom. The van der Waals surface area contributed by atoms with Gasteiger partial charge >= 0.3 is 12.5 Å². The van der Waals surface area contributed by atoms with E-state index >= 15 is 0 Å². The molecule has 2 rings (SSSR count). The maximum Gasteiger partial charge on any atom is 0.573 e. The number of alkyl halides is 6. The van der Waals surface area contributed by atoms with E-state index in [1.165, 1.54) is 17.8 Å². The molecule has 0 aliphatic rings. The van der Waals surface area contributed by atoms with Crippen molar-refractivity contribution in [3.63, 3.8) is 0 Å². The first-order valence-corrected chi connectivity index (χ1v) is 11.0. The molecule has 0 atom stereocenters. The van der Waals surface area contributed by atoms with Crippen LogP contribution in [0.3, 0.4) is 0 Å². The normalized spacial score (nSPS) is 13.5. The minimum atomic E-state index is -5.18. The summed E-state index contributed by atoms with van der Waals surface area (Å²) in [5.41, 5.74) is 7.41. The topological polar surface area (TPSA) is 99.6 Å². The van der Waals surface area contributed by atoms with Crippen molar-refractivity contribution in [3.05, 3.63) is 70.5 Å². The van der Waals surface area contributed by atoms with E-state index in [9.17, 15) is 35.5 Å². The number of hydrogen-bond donors (Lipinski definition) is 3. The van der Waals surface area contributed by atoms with Crippen LogP contribution in [0.1, 0.15) is 12.5 Å². The molecule has 0 bridgehead atoms. The Kier molecular flexibility index (Phi) is 8.78. The number of thioether (sulfide) groups is 1. The molecule has 0 aliphatic heterocycles. The van der Waals surface area contributed by atoms with E-state index in [1.807, 2.05) is 0 Å². The highest BCUT2D eigenvalue weighted by Gasteiger charge is 2.36. The zero-order valence-corrected chi connectivity index (χ0v) is 19.7. The first-order valence-electron chi connectivity index (χ1n) is 9.77. The number of anilines is 1. The number of nitrogens with one attached hydrogen (secondary N) is 1. The summed E-state index contributed by atoms with van der Waals surface area (Å²) >= 11 is 1.34. The Balaban J connectivity index is 2.56. The second-order valence-corrected chi connectivity index (χ2v) is 7.99. The van der Waals surface area contributed by atoms with E-state index in [4.69, 9.17) is 16.2 Å². The molecular weight excluding hydrogens is 519 g/mol. The number of ether oxygens (including phenoxy) is 2. The van der Waals surface area contributed by atoms with E-state index in [0.29, 0.717) is 6.07 Å². The number of halogens is 7. The predicted molar refractivity (Wildman–Crippen MR) is 119 cm³/mol. The summed E-state index contributed by atoms with van der Waals surface area (Å²) in [7, 11) is 0. The van der Waals surface area contributed by atoms with E-state index < -0.39 is 64.1 Å². The molecule has 0 fully saturated rings. The van der Waals surface area contributed by atoms with Crippen LogP contribution in [0.25, 0.3) is 0 Å². The fourth-order valence-electron chi connectivity index (χ4n) is 2.83. The van der Waals surface area contributed by atoms with Crippen LogP contribution >= 0.6 is 11.8 Å². The molecule has 14 heteroatoms. The molecule has 0 saturated carbocycles. The van der Waals surface area contributed by atoms with Gasteiger partial charge in [-0.05, 0) is 56.0 Å². The van der Waals surface area contributed by atoms with Gasteiger partial charge in [-0.2, -0.15) is 13.2 Å². The van der Waals surface area contributed by atoms with Gasteiger partial charge in [-0.1, -0.05) is 6.07 Å². The lowest BCUT2D eigenvalue weighted by molar-refractivity contribution is -0.275. The molecule has 5 N–H and O–H groups in total. The number of carbonyl (C=O) groups is 1. The van der Waals surface area contributed by atoms with Gasteiger partial charge in [-0.3, -0.25) is 4.79 Å². The SMILES string of the molecule is CSc1cccc(NC(=O)C(=C(/N)Oc2ccc(OC(F)(F)F)c(F)c2C)/C(C)=C(\N)C(F)(F)F)c1. The van der Waals surface area contributed by atoms with Crippen molar-refractivity contribution in [3.8, 4) is 11.5 Å². The van der Waals surface area contributed by atoms with Crippen LogP contribution in [-0.4, -0.2) is 24.7 Å². The van der Waals surface area contributed by atoms with Gasteiger partial charge in [0.15, 0.2) is 11.6 Å². The van der Waals surface area contributed by atoms with Gasteiger partial charge in [-0.15, -0.1) is 24.9 Å². The number of hydrogen-bond acceptors (Lipinski definition) is 6. The molecule has 6 nitrogen and oxygen atoms in total. The third kappa shape index (κ3) is 7.23. The van der Waals surface area contributed by atoms with Crippen molar-refractivity contribution in [2.45, 2.75) is 31.3 Å². The van der Waals surface area contributed by atoms with Crippen LogP contribution < -0.4 is 26.3 Å². The third-order valence-corrected chi connectivity index (χ3v) is 5.36. The summed E-state index contributed by atoms with van der Waals surface area (Å²) in [6, 6.07) is 7.76. The Morgan fingerprint density at radius 3 is 2.19 bits per heavy atom. The van der Waals surface area contributed by atoms with Crippen LogP contribution in [0.5, 0.6) is 11.5 Å². The van der Waals surface area contributed by atoms with Crippen LogP contribution in [-0.2, 0) is 4.79 Å². The van der Waals surface area contributed by atoms with Crippen molar-refractivity contribution in [1.29, 1.82) is 0 Å². The third-order valence-electron chi connectivity index (χ3n) is 4.63. The highest BCUT2D eigenvalue weighted by atomic mass is 32.2. The van der Waals surface area contributed by atoms with Gasteiger partial charge < -0.3 is 26.3 Å². The number of nitrogens with two attached hydrogens (primary N) is 2. The molecule has 0 aromatic heterocycles. The highest BCUT2D eigenvalue weighted by Crippen LogP contribution is 2.34. The molecular formula is C22H20F7N3O3S. The van der Waals surface area contributed by atoms with Crippen molar-refractivity contribution >= 4 is 23.4 Å².